The molecule has 0 fully saturated rings. The molecule has 1 aromatic carbocycles. The maximum Gasteiger partial charge on any atom is 0.324 e. The van der Waals surface area contributed by atoms with Gasteiger partial charge in [0.25, 0.3) is 5.91 Å². The number of amides is 1. The van der Waals surface area contributed by atoms with Crippen LogP contribution >= 0.6 is 11.3 Å². The van der Waals surface area contributed by atoms with Crippen molar-refractivity contribution < 1.29 is 14.5 Å². The molecule has 9 nitrogen and oxygen atoms in total. The zero-order valence-electron chi connectivity index (χ0n) is 19.9. The largest absolute Gasteiger partial charge is 0.494 e. The van der Waals surface area contributed by atoms with E-state index in [2.05, 4.69) is 4.98 Å². The fourth-order valence-corrected chi connectivity index (χ4v) is 4.74. The summed E-state index contributed by atoms with van der Waals surface area (Å²) in [5.41, 5.74) is 2.79. The second-order valence-electron chi connectivity index (χ2n) is 7.91. The topological polar surface area (TPSA) is 103 Å². The van der Waals surface area contributed by atoms with Crippen molar-refractivity contribution in [1.29, 1.82) is 0 Å². The van der Waals surface area contributed by atoms with Gasteiger partial charge in [-0.2, -0.15) is 0 Å². The number of carbonyl (C=O) groups excluding carboxylic acids is 1. The van der Waals surface area contributed by atoms with Crippen molar-refractivity contribution in [1.82, 2.24) is 19.4 Å². The number of carbonyl (C=O) groups is 1. The van der Waals surface area contributed by atoms with Gasteiger partial charge in [-0.1, -0.05) is 23.5 Å². The van der Waals surface area contributed by atoms with E-state index in [1.54, 1.807) is 23.2 Å². The number of pyridine rings is 1. The Morgan fingerprint density at radius 3 is 2.51 bits per heavy atom. The molecule has 0 saturated heterocycles. The molecule has 0 N–H and O–H groups in total. The van der Waals surface area contributed by atoms with E-state index < -0.39 is 0 Å². The number of hydrogen-bond donors (Lipinski definition) is 0. The lowest BCUT2D eigenvalue weighted by Gasteiger charge is -2.18. The average molecular weight is 494 g/mol. The van der Waals surface area contributed by atoms with E-state index in [1.807, 2.05) is 49.6 Å². The number of nitro groups is 1. The Morgan fingerprint density at radius 1 is 1.14 bits per heavy atom. The van der Waals surface area contributed by atoms with Crippen LogP contribution in [0, 0.1) is 10.1 Å². The fourth-order valence-electron chi connectivity index (χ4n) is 3.93. The quantitative estimate of drug-likeness (QED) is 0.229. The van der Waals surface area contributed by atoms with Crippen LogP contribution in [0.1, 0.15) is 47.4 Å². The normalized spacial score (nSPS) is 11.1. The summed E-state index contributed by atoms with van der Waals surface area (Å²) in [6, 6.07) is 12.9. The number of hydrogen-bond acceptors (Lipinski definition) is 7. The summed E-state index contributed by atoms with van der Waals surface area (Å²) in [5.74, 6) is 1.48. The van der Waals surface area contributed by atoms with E-state index in [1.165, 1.54) is 6.07 Å². The third kappa shape index (κ3) is 5.32. The van der Waals surface area contributed by atoms with Gasteiger partial charge in [0.2, 0.25) is 0 Å². The summed E-state index contributed by atoms with van der Waals surface area (Å²) in [6.45, 7) is 8.05. The molecule has 0 bridgehead atoms. The summed E-state index contributed by atoms with van der Waals surface area (Å²) >= 11 is 1.14. The number of rotatable bonds is 10. The van der Waals surface area contributed by atoms with Crippen LogP contribution in [0.4, 0.5) is 5.00 Å². The van der Waals surface area contributed by atoms with Crippen LogP contribution in [0.5, 0.6) is 5.75 Å². The molecule has 4 rings (SSSR count). The lowest BCUT2D eigenvalue weighted by atomic mass is 10.1. The Labute approximate surface area is 207 Å². The minimum absolute atomic E-state index is 0.0825. The first kappa shape index (κ1) is 24.3. The van der Waals surface area contributed by atoms with E-state index in [4.69, 9.17) is 9.72 Å². The Balaban J connectivity index is 1.73. The maximum absolute atomic E-state index is 12.9. The van der Waals surface area contributed by atoms with E-state index in [-0.39, 0.29) is 15.8 Å². The molecule has 0 aliphatic rings. The van der Waals surface area contributed by atoms with Gasteiger partial charge in [0.05, 0.1) is 23.6 Å². The SMILES string of the molecule is CCOc1ccc(Cc2nc3cc(C(=O)N(CC)CC)cnc3n2Cc2ccc([N+](=O)[O-])s2)cc1. The summed E-state index contributed by atoms with van der Waals surface area (Å²) in [4.78, 5) is 35.6. The maximum atomic E-state index is 12.9. The van der Waals surface area contributed by atoms with Crippen molar-refractivity contribution in [2.45, 2.75) is 33.7 Å². The van der Waals surface area contributed by atoms with Gasteiger partial charge in [-0.25, -0.2) is 9.97 Å². The minimum Gasteiger partial charge on any atom is -0.494 e. The molecule has 0 saturated carbocycles. The fraction of sp³-hybridized carbons (Fsp3) is 0.320. The molecular weight excluding hydrogens is 466 g/mol. The van der Waals surface area contributed by atoms with Gasteiger partial charge in [-0.3, -0.25) is 14.9 Å². The van der Waals surface area contributed by atoms with Gasteiger partial charge in [0, 0.05) is 36.7 Å². The van der Waals surface area contributed by atoms with Crippen LogP contribution in [0.15, 0.2) is 48.7 Å². The number of benzene rings is 1. The highest BCUT2D eigenvalue weighted by Crippen LogP contribution is 2.27. The zero-order valence-corrected chi connectivity index (χ0v) is 20.7. The Bertz CT molecular complexity index is 1340. The molecule has 3 aromatic heterocycles. The third-order valence-corrected chi connectivity index (χ3v) is 6.72. The van der Waals surface area contributed by atoms with Crippen molar-refractivity contribution in [3.63, 3.8) is 0 Å². The second-order valence-corrected chi connectivity index (χ2v) is 9.06. The molecular formula is C25H27N5O4S. The van der Waals surface area contributed by atoms with Gasteiger partial charge in [-0.15, -0.1) is 0 Å². The Morgan fingerprint density at radius 2 is 1.89 bits per heavy atom. The molecule has 4 aromatic rings. The van der Waals surface area contributed by atoms with Crippen molar-refractivity contribution in [3.8, 4) is 5.75 Å². The lowest BCUT2D eigenvalue weighted by molar-refractivity contribution is -0.380. The molecule has 1 amide bonds. The highest BCUT2D eigenvalue weighted by atomic mass is 32.1. The molecule has 0 unspecified atom stereocenters. The molecule has 0 spiro atoms. The first-order valence-corrected chi connectivity index (χ1v) is 12.3. The van der Waals surface area contributed by atoms with Crippen molar-refractivity contribution in [2.75, 3.05) is 19.7 Å². The summed E-state index contributed by atoms with van der Waals surface area (Å²) < 4.78 is 7.50. The van der Waals surface area contributed by atoms with Crippen molar-refractivity contribution in [2.24, 2.45) is 0 Å². The standard InChI is InChI=1S/C25H27N5O4S/c1-4-28(5-2)25(31)18-14-21-24(26-15-18)29(16-20-11-12-23(35-20)30(32)33)22(27-21)13-17-7-9-19(10-8-17)34-6-3/h7-12,14-15H,4-6,13,16H2,1-3H3. The number of thiophene rings is 1. The third-order valence-electron chi connectivity index (χ3n) is 5.70. The summed E-state index contributed by atoms with van der Waals surface area (Å²) in [6.07, 6.45) is 2.12. The van der Waals surface area contributed by atoms with Gasteiger partial charge in [0.1, 0.15) is 17.1 Å². The highest BCUT2D eigenvalue weighted by Gasteiger charge is 2.19. The Kier molecular flexibility index (Phi) is 7.40. The van der Waals surface area contributed by atoms with Gasteiger partial charge in [-0.05, 0) is 50.6 Å². The van der Waals surface area contributed by atoms with Crippen LogP contribution in [0.25, 0.3) is 11.2 Å². The zero-order chi connectivity index (χ0) is 24.9. The van der Waals surface area contributed by atoms with Gasteiger partial charge < -0.3 is 14.2 Å². The summed E-state index contributed by atoms with van der Waals surface area (Å²) in [5, 5.41) is 11.3. The molecule has 0 atom stereocenters. The van der Waals surface area contributed by atoms with Crippen LogP contribution in [0.2, 0.25) is 0 Å². The number of aromatic nitrogens is 3. The highest BCUT2D eigenvalue weighted by molar-refractivity contribution is 7.15. The molecule has 3 heterocycles. The lowest BCUT2D eigenvalue weighted by Crippen LogP contribution is -2.30. The number of ether oxygens (including phenoxy) is 1. The first-order chi connectivity index (χ1) is 16.9. The Hall–Kier alpha value is -3.79. The number of fused-ring (bicyclic) bond motifs is 1. The van der Waals surface area contributed by atoms with E-state index >= 15 is 0 Å². The van der Waals surface area contributed by atoms with Crippen LogP contribution in [0.3, 0.4) is 0 Å². The van der Waals surface area contributed by atoms with E-state index in [0.29, 0.717) is 49.4 Å². The molecule has 182 valence electrons. The van der Waals surface area contributed by atoms with Crippen LogP contribution in [-0.2, 0) is 13.0 Å². The molecule has 0 aliphatic carbocycles. The van der Waals surface area contributed by atoms with Crippen LogP contribution < -0.4 is 4.74 Å². The van der Waals surface area contributed by atoms with Crippen molar-refractivity contribution in [3.05, 3.63) is 80.6 Å². The van der Waals surface area contributed by atoms with Crippen LogP contribution in [-0.4, -0.2) is 50.0 Å². The second kappa shape index (κ2) is 10.6. The smallest absolute Gasteiger partial charge is 0.324 e. The average Bonchev–Trinajstić information content (AvgIpc) is 3.46. The van der Waals surface area contributed by atoms with Gasteiger partial charge in [0.15, 0.2) is 5.65 Å². The number of imidazole rings is 1. The predicted molar refractivity (Wildman–Crippen MR) is 135 cm³/mol. The van der Waals surface area contributed by atoms with E-state index in [9.17, 15) is 14.9 Å². The molecule has 10 heteroatoms. The molecule has 35 heavy (non-hydrogen) atoms. The predicted octanol–water partition coefficient (Wildman–Crippen LogP) is 4.92. The minimum atomic E-state index is -0.385. The molecule has 0 aliphatic heterocycles. The number of nitrogens with zero attached hydrogens (tertiary/aromatic N) is 5. The van der Waals surface area contributed by atoms with Crippen molar-refractivity contribution >= 4 is 33.4 Å². The van der Waals surface area contributed by atoms with Gasteiger partial charge >= 0.3 is 5.00 Å². The molecule has 0 radical (unpaired) electrons. The first-order valence-electron chi connectivity index (χ1n) is 11.5. The monoisotopic (exact) mass is 493 g/mol. The summed E-state index contributed by atoms with van der Waals surface area (Å²) in [7, 11) is 0. The van der Waals surface area contributed by atoms with E-state index in [0.717, 1.165) is 33.4 Å².